The van der Waals surface area contributed by atoms with E-state index in [1.165, 1.54) is 0 Å². The summed E-state index contributed by atoms with van der Waals surface area (Å²) in [4.78, 5) is 15.2. The molecule has 0 spiro atoms. The molecule has 0 aliphatic carbocycles. The van der Waals surface area contributed by atoms with Gasteiger partial charge in [0, 0.05) is 32.8 Å². The molecule has 4 heteroatoms. The lowest BCUT2D eigenvalue weighted by atomic mass is 9.73. The molecule has 1 aromatic rings. The Morgan fingerprint density at radius 1 is 1.29 bits per heavy atom. The number of ether oxygens (including phenoxy) is 1. The van der Waals surface area contributed by atoms with Gasteiger partial charge in [-0.25, -0.2) is 0 Å². The summed E-state index contributed by atoms with van der Waals surface area (Å²) in [5.74, 6) is 0.255. The number of nitrogens with one attached hydrogen (secondary N) is 1. The van der Waals surface area contributed by atoms with Crippen LogP contribution >= 0.6 is 0 Å². The molecule has 1 atom stereocenters. The summed E-state index contributed by atoms with van der Waals surface area (Å²) < 4.78 is 5.52. The lowest BCUT2D eigenvalue weighted by Gasteiger charge is -2.40. The van der Waals surface area contributed by atoms with Crippen molar-refractivity contribution in [2.24, 2.45) is 0 Å². The molecule has 21 heavy (non-hydrogen) atoms. The number of benzene rings is 1. The summed E-state index contributed by atoms with van der Waals surface area (Å²) in [6.45, 7) is 3.24. The van der Waals surface area contributed by atoms with Crippen LogP contribution in [0.2, 0.25) is 0 Å². The molecule has 1 aromatic carbocycles. The number of rotatable bonds is 3. The fraction of sp³-hybridized carbons (Fsp3) is 0.588. The molecule has 1 N–H and O–H groups in total. The van der Waals surface area contributed by atoms with Gasteiger partial charge in [0.2, 0.25) is 5.91 Å². The van der Waals surface area contributed by atoms with Crippen LogP contribution in [-0.4, -0.2) is 50.2 Å². The third-order valence-electron chi connectivity index (χ3n) is 4.98. The number of likely N-dealkylation sites (N-methyl/N-ethyl adjacent to an activating group) is 1. The highest BCUT2D eigenvalue weighted by atomic mass is 16.5. The molecular formula is C17H24N2O2. The standard InChI is InChI=1S/C17H24N2O2/c1-19(15-7-10-18-13-15)16(20)17(8-11-21-12-9-17)14-5-3-2-4-6-14/h2-6,15,18H,7-13H2,1H3. The lowest BCUT2D eigenvalue weighted by Crippen LogP contribution is -2.52. The van der Waals surface area contributed by atoms with E-state index in [1.54, 1.807) is 0 Å². The zero-order chi connectivity index (χ0) is 14.7. The van der Waals surface area contributed by atoms with E-state index in [2.05, 4.69) is 17.4 Å². The molecule has 2 aliphatic heterocycles. The second-order valence-electron chi connectivity index (χ2n) is 6.12. The van der Waals surface area contributed by atoms with Crippen molar-refractivity contribution in [3.8, 4) is 0 Å². The quantitative estimate of drug-likeness (QED) is 0.917. The van der Waals surface area contributed by atoms with Crippen LogP contribution < -0.4 is 5.32 Å². The minimum Gasteiger partial charge on any atom is -0.381 e. The molecular weight excluding hydrogens is 264 g/mol. The lowest BCUT2D eigenvalue weighted by molar-refractivity contribution is -0.141. The monoisotopic (exact) mass is 288 g/mol. The van der Waals surface area contributed by atoms with E-state index < -0.39 is 5.41 Å². The van der Waals surface area contributed by atoms with Gasteiger partial charge in [0.15, 0.2) is 0 Å². The third-order valence-corrected chi connectivity index (χ3v) is 4.98. The number of hydrogen-bond donors (Lipinski definition) is 1. The highest BCUT2D eigenvalue weighted by Crippen LogP contribution is 2.37. The van der Waals surface area contributed by atoms with E-state index in [0.29, 0.717) is 19.3 Å². The zero-order valence-electron chi connectivity index (χ0n) is 12.7. The van der Waals surface area contributed by atoms with E-state index in [0.717, 1.165) is 37.9 Å². The van der Waals surface area contributed by atoms with Crippen molar-refractivity contribution in [1.82, 2.24) is 10.2 Å². The molecule has 114 valence electrons. The molecule has 3 rings (SSSR count). The molecule has 0 saturated carbocycles. The van der Waals surface area contributed by atoms with E-state index in [1.807, 2.05) is 30.1 Å². The van der Waals surface area contributed by atoms with Crippen molar-refractivity contribution < 1.29 is 9.53 Å². The molecule has 4 nitrogen and oxygen atoms in total. The largest absolute Gasteiger partial charge is 0.381 e. The highest BCUT2D eigenvalue weighted by molar-refractivity contribution is 5.88. The maximum absolute atomic E-state index is 13.3. The van der Waals surface area contributed by atoms with Crippen molar-refractivity contribution in [3.05, 3.63) is 35.9 Å². The van der Waals surface area contributed by atoms with Gasteiger partial charge >= 0.3 is 0 Å². The minimum absolute atomic E-state index is 0.255. The van der Waals surface area contributed by atoms with Crippen LogP contribution in [0.1, 0.15) is 24.8 Å². The molecule has 2 fully saturated rings. The van der Waals surface area contributed by atoms with E-state index >= 15 is 0 Å². The maximum atomic E-state index is 13.3. The number of nitrogens with zero attached hydrogens (tertiary/aromatic N) is 1. The zero-order valence-corrected chi connectivity index (χ0v) is 12.7. The predicted octanol–water partition coefficient (Wildman–Crippen LogP) is 1.56. The van der Waals surface area contributed by atoms with Crippen molar-refractivity contribution in [1.29, 1.82) is 0 Å². The predicted molar refractivity (Wildman–Crippen MR) is 82.2 cm³/mol. The second kappa shape index (κ2) is 6.16. The van der Waals surface area contributed by atoms with E-state index in [4.69, 9.17) is 4.74 Å². The molecule has 2 saturated heterocycles. The Morgan fingerprint density at radius 3 is 2.62 bits per heavy atom. The van der Waals surface area contributed by atoms with Gasteiger partial charge in [0.25, 0.3) is 0 Å². The average Bonchev–Trinajstić information content (AvgIpc) is 3.09. The molecule has 0 radical (unpaired) electrons. The van der Waals surface area contributed by atoms with Crippen LogP contribution in [0.25, 0.3) is 0 Å². The first-order valence-corrected chi connectivity index (χ1v) is 7.85. The number of hydrogen-bond acceptors (Lipinski definition) is 3. The Morgan fingerprint density at radius 2 is 2.00 bits per heavy atom. The van der Waals surface area contributed by atoms with E-state index in [9.17, 15) is 4.79 Å². The molecule has 0 bridgehead atoms. The Balaban J connectivity index is 1.89. The fourth-order valence-electron chi connectivity index (χ4n) is 3.58. The van der Waals surface area contributed by atoms with Gasteiger partial charge in [0.05, 0.1) is 5.41 Å². The van der Waals surface area contributed by atoms with Crippen molar-refractivity contribution >= 4 is 5.91 Å². The number of carbonyl (C=O) groups excluding carboxylic acids is 1. The average molecular weight is 288 g/mol. The topological polar surface area (TPSA) is 41.6 Å². The summed E-state index contributed by atoms with van der Waals surface area (Å²) >= 11 is 0. The van der Waals surface area contributed by atoms with Crippen LogP contribution in [0.5, 0.6) is 0 Å². The number of amides is 1. The van der Waals surface area contributed by atoms with Gasteiger partial charge in [-0.3, -0.25) is 4.79 Å². The normalized spacial score (nSPS) is 24.7. The Labute approximate surface area is 126 Å². The smallest absolute Gasteiger partial charge is 0.233 e. The SMILES string of the molecule is CN(C(=O)C1(c2ccccc2)CCOCC1)C1CCNC1. The molecule has 1 amide bonds. The Hall–Kier alpha value is -1.39. The van der Waals surface area contributed by atoms with Gasteiger partial charge in [-0.05, 0) is 31.4 Å². The first-order valence-electron chi connectivity index (χ1n) is 7.85. The van der Waals surface area contributed by atoms with Crippen molar-refractivity contribution in [3.63, 3.8) is 0 Å². The molecule has 2 aliphatic rings. The minimum atomic E-state index is -0.406. The fourth-order valence-corrected chi connectivity index (χ4v) is 3.58. The second-order valence-corrected chi connectivity index (χ2v) is 6.12. The van der Waals surface area contributed by atoms with Gasteiger partial charge < -0.3 is 15.0 Å². The van der Waals surface area contributed by atoms with Crippen molar-refractivity contribution in [2.75, 3.05) is 33.4 Å². The van der Waals surface area contributed by atoms with Crippen LogP contribution in [-0.2, 0) is 14.9 Å². The van der Waals surface area contributed by atoms with Gasteiger partial charge in [0.1, 0.15) is 0 Å². The molecule has 1 unspecified atom stereocenters. The van der Waals surface area contributed by atoms with Gasteiger partial charge in [-0.15, -0.1) is 0 Å². The summed E-state index contributed by atoms with van der Waals surface area (Å²) in [5, 5.41) is 3.34. The summed E-state index contributed by atoms with van der Waals surface area (Å²) in [5.41, 5.74) is 0.729. The van der Waals surface area contributed by atoms with Crippen LogP contribution in [0.3, 0.4) is 0 Å². The first kappa shape index (κ1) is 14.5. The van der Waals surface area contributed by atoms with Gasteiger partial charge in [-0.1, -0.05) is 30.3 Å². The summed E-state index contributed by atoms with van der Waals surface area (Å²) in [6, 6.07) is 10.5. The first-order chi connectivity index (χ1) is 10.2. The number of carbonyl (C=O) groups is 1. The third kappa shape index (κ3) is 2.70. The molecule has 0 aromatic heterocycles. The highest BCUT2D eigenvalue weighted by Gasteiger charge is 2.44. The molecule has 2 heterocycles. The van der Waals surface area contributed by atoms with Crippen LogP contribution in [0.4, 0.5) is 0 Å². The Kier molecular flexibility index (Phi) is 4.27. The van der Waals surface area contributed by atoms with E-state index in [-0.39, 0.29) is 5.91 Å². The van der Waals surface area contributed by atoms with Gasteiger partial charge in [-0.2, -0.15) is 0 Å². The maximum Gasteiger partial charge on any atom is 0.233 e. The summed E-state index contributed by atoms with van der Waals surface area (Å²) in [7, 11) is 1.96. The van der Waals surface area contributed by atoms with Crippen molar-refractivity contribution in [2.45, 2.75) is 30.7 Å². The Bertz CT molecular complexity index is 477. The van der Waals surface area contributed by atoms with Crippen LogP contribution in [0, 0.1) is 0 Å². The summed E-state index contributed by atoms with van der Waals surface area (Å²) in [6.07, 6.45) is 2.60. The van der Waals surface area contributed by atoms with Crippen LogP contribution in [0.15, 0.2) is 30.3 Å².